The van der Waals surface area contributed by atoms with E-state index in [2.05, 4.69) is 5.10 Å². The largest absolute Gasteiger partial charge is 0.322 e. The van der Waals surface area contributed by atoms with Crippen LogP contribution < -0.4 is 5.73 Å². The Hall–Kier alpha value is -0.540. The lowest BCUT2D eigenvalue weighted by molar-refractivity contribution is 0.368. The number of hydrogen-bond acceptors (Lipinski definition) is 2. The summed E-state index contributed by atoms with van der Waals surface area (Å²) in [6.45, 7) is 0. The monoisotopic (exact) mass is 241 g/mol. The maximum absolute atomic E-state index is 6.34. The molecule has 3 nitrogen and oxygen atoms in total. The second-order valence-corrected chi connectivity index (χ2v) is 5.19. The van der Waals surface area contributed by atoms with Crippen LogP contribution in [-0.4, -0.2) is 9.78 Å². The molecule has 1 aliphatic carbocycles. The molecule has 1 aromatic heterocycles. The molecule has 1 atom stereocenters. The van der Waals surface area contributed by atoms with E-state index in [9.17, 15) is 0 Å². The summed E-state index contributed by atoms with van der Waals surface area (Å²) in [5, 5.41) is 4.87. The molecule has 1 aromatic rings. The molecule has 0 bridgehead atoms. The molecule has 1 fully saturated rings. The second kappa shape index (κ2) is 5.19. The van der Waals surface area contributed by atoms with Crippen LogP contribution >= 0.6 is 11.6 Å². The van der Waals surface area contributed by atoms with Crippen molar-refractivity contribution in [1.29, 1.82) is 0 Å². The highest BCUT2D eigenvalue weighted by Gasteiger charge is 2.25. The Morgan fingerprint density at radius 1 is 1.38 bits per heavy atom. The van der Waals surface area contributed by atoms with Crippen LogP contribution in [-0.2, 0) is 7.05 Å². The van der Waals surface area contributed by atoms with Crippen LogP contribution in [0, 0.1) is 5.92 Å². The molecule has 4 heteroatoms. The van der Waals surface area contributed by atoms with E-state index in [1.807, 2.05) is 11.7 Å². The van der Waals surface area contributed by atoms with Gasteiger partial charge < -0.3 is 5.73 Å². The van der Waals surface area contributed by atoms with Crippen molar-refractivity contribution in [3.8, 4) is 0 Å². The van der Waals surface area contributed by atoms with Crippen molar-refractivity contribution in [3.63, 3.8) is 0 Å². The molecule has 0 saturated heterocycles. The van der Waals surface area contributed by atoms with Gasteiger partial charge in [0.25, 0.3) is 0 Å². The van der Waals surface area contributed by atoms with Gasteiger partial charge >= 0.3 is 0 Å². The first kappa shape index (κ1) is 11.9. The van der Waals surface area contributed by atoms with Crippen molar-refractivity contribution in [3.05, 3.63) is 16.9 Å². The highest BCUT2D eigenvalue weighted by molar-refractivity contribution is 6.31. The van der Waals surface area contributed by atoms with Crippen molar-refractivity contribution in [2.24, 2.45) is 18.7 Å². The summed E-state index contributed by atoms with van der Waals surface area (Å²) < 4.78 is 1.82. The van der Waals surface area contributed by atoms with Crippen molar-refractivity contribution in [2.75, 3.05) is 0 Å². The SMILES string of the molecule is Cn1ncc(Cl)c1C(N)C1CCCCCC1. The van der Waals surface area contributed by atoms with Crippen molar-refractivity contribution in [2.45, 2.75) is 44.6 Å². The second-order valence-electron chi connectivity index (χ2n) is 4.78. The average Bonchev–Trinajstić information content (AvgIpc) is 2.51. The lowest BCUT2D eigenvalue weighted by Gasteiger charge is -2.22. The number of halogens is 1. The molecule has 0 radical (unpaired) electrons. The Bertz CT molecular complexity index is 321. The molecule has 1 heterocycles. The van der Waals surface area contributed by atoms with Gasteiger partial charge in [-0.2, -0.15) is 5.10 Å². The Morgan fingerprint density at radius 3 is 2.50 bits per heavy atom. The summed E-state index contributed by atoms with van der Waals surface area (Å²) in [6, 6.07) is 0.0399. The van der Waals surface area contributed by atoms with Crippen LogP contribution in [0.1, 0.15) is 50.3 Å². The number of nitrogens with zero attached hydrogens (tertiary/aromatic N) is 2. The fourth-order valence-corrected chi connectivity index (χ4v) is 2.98. The third-order valence-corrected chi connectivity index (χ3v) is 3.95. The van der Waals surface area contributed by atoms with E-state index in [0.29, 0.717) is 10.9 Å². The number of hydrogen-bond donors (Lipinski definition) is 1. The van der Waals surface area contributed by atoms with E-state index in [1.165, 1.54) is 38.5 Å². The minimum absolute atomic E-state index is 0.0399. The maximum atomic E-state index is 6.34. The molecule has 1 saturated carbocycles. The normalized spacial score (nSPS) is 20.7. The number of aromatic nitrogens is 2. The van der Waals surface area contributed by atoms with Crippen LogP contribution in [0.25, 0.3) is 0 Å². The van der Waals surface area contributed by atoms with Crippen LogP contribution in [0.4, 0.5) is 0 Å². The van der Waals surface area contributed by atoms with E-state index in [-0.39, 0.29) is 6.04 Å². The zero-order chi connectivity index (χ0) is 11.5. The molecule has 90 valence electrons. The van der Waals surface area contributed by atoms with Gasteiger partial charge in [0.05, 0.1) is 23.0 Å². The number of nitrogens with two attached hydrogens (primary N) is 1. The lowest BCUT2D eigenvalue weighted by Crippen LogP contribution is -2.24. The molecule has 1 aliphatic rings. The van der Waals surface area contributed by atoms with Gasteiger partial charge in [-0.25, -0.2) is 0 Å². The van der Waals surface area contributed by atoms with E-state index < -0.39 is 0 Å². The first-order valence-electron chi connectivity index (χ1n) is 6.13. The zero-order valence-corrected chi connectivity index (χ0v) is 10.6. The Labute approximate surface area is 102 Å². The number of aryl methyl sites for hydroxylation is 1. The molecule has 2 N–H and O–H groups in total. The van der Waals surface area contributed by atoms with Gasteiger partial charge in [-0.15, -0.1) is 0 Å². The Morgan fingerprint density at radius 2 is 2.00 bits per heavy atom. The van der Waals surface area contributed by atoms with E-state index >= 15 is 0 Å². The maximum Gasteiger partial charge on any atom is 0.0834 e. The summed E-state index contributed by atoms with van der Waals surface area (Å²) in [5.74, 6) is 0.565. The van der Waals surface area contributed by atoms with Crippen molar-refractivity contribution < 1.29 is 0 Å². The molecule has 0 spiro atoms. The first-order valence-corrected chi connectivity index (χ1v) is 6.51. The summed E-state index contributed by atoms with van der Waals surface area (Å²) in [6.07, 6.45) is 9.44. The third-order valence-electron chi connectivity index (χ3n) is 3.66. The lowest BCUT2D eigenvalue weighted by atomic mass is 9.90. The predicted octanol–water partition coefficient (Wildman–Crippen LogP) is 3.04. The molecule has 0 amide bonds. The quantitative estimate of drug-likeness (QED) is 0.809. The molecule has 2 rings (SSSR count). The average molecular weight is 242 g/mol. The number of rotatable bonds is 2. The van der Waals surface area contributed by atoms with Crippen molar-refractivity contribution in [1.82, 2.24) is 9.78 Å². The highest BCUT2D eigenvalue weighted by atomic mass is 35.5. The fraction of sp³-hybridized carbons (Fsp3) is 0.750. The summed E-state index contributed by atoms with van der Waals surface area (Å²) >= 11 is 6.14. The van der Waals surface area contributed by atoms with Gasteiger partial charge in [-0.05, 0) is 18.8 Å². The van der Waals surface area contributed by atoms with Crippen molar-refractivity contribution >= 4 is 11.6 Å². The predicted molar refractivity (Wildman–Crippen MR) is 66.3 cm³/mol. The Balaban J connectivity index is 2.14. The third kappa shape index (κ3) is 2.41. The first-order chi connectivity index (χ1) is 7.70. The van der Waals surface area contributed by atoms with Gasteiger partial charge in [0.15, 0.2) is 0 Å². The fourth-order valence-electron chi connectivity index (χ4n) is 2.69. The van der Waals surface area contributed by atoms with Gasteiger partial charge in [-0.1, -0.05) is 37.3 Å². The standard InChI is InChI=1S/C12H20ClN3/c1-16-12(10(13)8-15-16)11(14)9-6-4-2-3-5-7-9/h8-9,11H,2-7,14H2,1H3. The van der Waals surface area contributed by atoms with Crippen LogP contribution in [0.2, 0.25) is 5.02 Å². The highest BCUT2D eigenvalue weighted by Crippen LogP contribution is 2.34. The van der Waals surface area contributed by atoms with E-state index in [0.717, 1.165) is 5.69 Å². The zero-order valence-electron chi connectivity index (χ0n) is 9.82. The molecule has 16 heavy (non-hydrogen) atoms. The molecule has 0 aromatic carbocycles. The minimum atomic E-state index is 0.0399. The minimum Gasteiger partial charge on any atom is -0.322 e. The van der Waals surface area contributed by atoms with Crippen LogP contribution in [0.15, 0.2) is 6.20 Å². The van der Waals surface area contributed by atoms with Gasteiger partial charge in [-0.3, -0.25) is 4.68 Å². The molecular formula is C12H20ClN3. The molecule has 0 aliphatic heterocycles. The van der Waals surface area contributed by atoms with Crippen LogP contribution in [0.3, 0.4) is 0 Å². The summed E-state index contributed by atoms with van der Waals surface area (Å²) in [7, 11) is 1.91. The van der Waals surface area contributed by atoms with E-state index in [1.54, 1.807) is 6.20 Å². The van der Waals surface area contributed by atoms with Gasteiger partial charge in [0.2, 0.25) is 0 Å². The summed E-state index contributed by atoms with van der Waals surface area (Å²) in [4.78, 5) is 0. The Kier molecular flexibility index (Phi) is 3.87. The van der Waals surface area contributed by atoms with Crippen LogP contribution in [0.5, 0.6) is 0 Å². The van der Waals surface area contributed by atoms with Gasteiger partial charge in [0.1, 0.15) is 0 Å². The van der Waals surface area contributed by atoms with E-state index in [4.69, 9.17) is 17.3 Å². The topological polar surface area (TPSA) is 43.8 Å². The van der Waals surface area contributed by atoms with Gasteiger partial charge in [0, 0.05) is 7.05 Å². The summed E-state index contributed by atoms with van der Waals surface area (Å²) in [5.41, 5.74) is 7.33. The smallest absolute Gasteiger partial charge is 0.0834 e. The molecular weight excluding hydrogens is 222 g/mol. The molecule has 1 unspecified atom stereocenters.